The van der Waals surface area contributed by atoms with Gasteiger partial charge in [-0.25, -0.2) is 0 Å². The van der Waals surface area contributed by atoms with Crippen LogP contribution in [0, 0.1) is 0 Å². The van der Waals surface area contributed by atoms with Crippen molar-refractivity contribution in [2.75, 3.05) is 14.1 Å². The number of fused-ring (bicyclic) bond motifs is 2. The number of carbonyl (C=O) groups is 1. The molecule has 1 unspecified atom stereocenters. The van der Waals surface area contributed by atoms with Gasteiger partial charge in [0.05, 0.1) is 4.88 Å². The predicted octanol–water partition coefficient (Wildman–Crippen LogP) is 2.19. The molecule has 0 saturated carbocycles. The lowest BCUT2D eigenvalue weighted by atomic mass is 9.76. The molecule has 0 fully saturated rings. The number of amides is 1. The molecule has 1 aliphatic carbocycles. The maximum atomic E-state index is 12.6. The Bertz CT molecular complexity index is 959. The monoisotopic (exact) mass is 402 g/mol. The second kappa shape index (κ2) is 6.81. The van der Waals surface area contributed by atoms with E-state index >= 15 is 0 Å². The van der Waals surface area contributed by atoms with E-state index in [-0.39, 0.29) is 11.9 Å². The van der Waals surface area contributed by atoms with Gasteiger partial charge in [-0.3, -0.25) is 4.79 Å². The smallest absolute Gasteiger partial charge is 0.263 e. The lowest BCUT2D eigenvalue weighted by Gasteiger charge is -2.31. The van der Waals surface area contributed by atoms with Gasteiger partial charge >= 0.3 is 0 Å². The molecular weight excluding hydrogens is 380 g/mol. The normalized spacial score (nSPS) is 19.9. The minimum atomic E-state index is -0.577. The Morgan fingerprint density at radius 1 is 1.37 bits per heavy atom. The first-order chi connectivity index (χ1) is 12.9. The van der Waals surface area contributed by atoms with Crippen molar-refractivity contribution in [3.8, 4) is 0 Å². The molecular formula is C18H22N6OS2. The number of tetrazole rings is 1. The quantitative estimate of drug-likeness (QED) is 0.697. The number of hydrogen-bond donors (Lipinski definition) is 2. The largest absolute Gasteiger partial charge is 0.344 e. The third kappa shape index (κ3) is 2.90. The highest BCUT2D eigenvalue weighted by Gasteiger charge is 2.47. The van der Waals surface area contributed by atoms with Gasteiger partial charge < -0.3 is 10.6 Å². The SMILES string of the molecule is C[C@@H](N)CC1(c2nn[nH]n2)c2sccc2CCc2cc(C(=O)N(C)C)sc21. The molecule has 9 heteroatoms. The number of nitrogens with one attached hydrogen (secondary N) is 1. The van der Waals surface area contributed by atoms with Gasteiger partial charge in [-0.15, -0.1) is 32.9 Å². The number of thiophene rings is 2. The van der Waals surface area contributed by atoms with Crippen LogP contribution < -0.4 is 5.73 Å². The molecule has 0 radical (unpaired) electrons. The summed E-state index contributed by atoms with van der Waals surface area (Å²) in [6.07, 6.45) is 2.47. The van der Waals surface area contributed by atoms with Crippen LogP contribution in [0.3, 0.4) is 0 Å². The lowest BCUT2D eigenvalue weighted by molar-refractivity contribution is 0.0832. The van der Waals surface area contributed by atoms with Gasteiger partial charge in [0.15, 0.2) is 5.82 Å². The molecule has 3 aromatic heterocycles. The average molecular weight is 403 g/mol. The molecule has 0 aromatic carbocycles. The van der Waals surface area contributed by atoms with Gasteiger partial charge in [0.1, 0.15) is 5.41 Å². The predicted molar refractivity (Wildman–Crippen MR) is 106 cm³/mol. The lowest BCUT2D eigenvalue weighted by Crippen LogP contribution is -2.36. The molecule has 0 bridgehead atoms. The van der Waals surface area contributed by atoms with Crippen molar-refractivity contribution in [1.29, 1.82) is 0 Å². The summed E-state index contributed by atoms with van der Waals surface area (Å²) in [5.74, 6) is 0.639. The summed E-state index contributed by atoms with van der Waals surface area (Å²) < 4.78 is 0. The number of nitrogens with zero attached hydrogens (tertiary/aromatic N) is 4. The molecule has 4 rings (SSSR count). The number of aromatic amines is 1. The van der Waals surface area contributed by atoms with Gasteiger partial charge in [0.2, 0.25) is 0 Å². The number of aryl methyl sites for hydroxylation is 2. The molecule has 142 valence electrons. The number of rotatable bonds is 4. The number of hydrogen-bond acceptors (Lipinski definition) is 7. The molecule has 0 spiro atoms. The summed E-state index contributed by atoms with van der Waals surface area (Å²) in [4.78, 5) is 17.3. The molecule has 3 N–H and O–H groups in total. The van der Waals surface area contributed by atoms with E-state index in [1.165, 1.54) is 27.3 Å². The van der Waals surface area contributed by atoms with E-state index in [0.29, 0.717) is 12.2 Å². The summed E-state index contributed by atoms with van der Waals surface area (Å²) in [7, 11) is 3.55. The topological polar surface area (TPSA) is 101 Å². The molecule has 27 heavy (non-hydrogen) atoms. The van der Waals surface area contributed by atoms with Crippen LogP contribution in [0.4, 0.5) is 0 Å². The minimum absolute atomic E-state index is 0.0160. The third-order valence-electron chi connectivity index (χ3n) is 4.97. The zero-order valence-corrected chi connectivity index (χ0v) is 17.2. The second-order valence-electron chi connectivity index (χ2n) is 7.26. The van der Waals surface area contributed by atoms with Crippen LogP contribution in [0.15, 0.2) is 17.5 Å². The third-order valence-corrected chi connectivity index (χ3v) is 7.41. The molecule has 7 nitrogen and oxygen atoms in total. The van der Waals surface area contributed by atoms with Crippen molar-refractivity contribution in [3.63, 3.8) is 0 Å². The van der Waals surface area contributed by atoms with Crippen molar-refractivity contribution in [2.45, 2.75) is 37.6 Å². The van der Waals surface area contributed by atoms with E-state index < -0.39 is 5.41 Å². The average Bonchev–Trinajstić information content (AvgIpc) is 3.36. The highest BCUT2D eigenvalue weighted by molar-refractivity contribution is 7.15. The van der Waals surface area contributed by atoms with E-state index in [2.05, 4.69) is 32.1 Å². The van der Waals surface area contributed by atoms with Crippen molar-refractivity contribution in [2.24, 2.45) is 5.73 Å². The first-order valence-electron chi connectivity index (χ1n) is 8.84. The Morgan fingerprint density at radius 2 is 2.15 bits per heavy atom. The van der Waals surface area contributed by atoms with Crippen molar-refractivity contribution >= 4 is 28.6 Å². The van der Waals surface area contributed by atoms with E-state index in [1.807, 2.05) is 13.0 Å². The number of aromatic nitrogens is 4. The van der Waals surface area contributed by atoms with Gasteiger partial charge in [0.25, 0.3) is 5.91 Å². The van der Waals surface area contributed by atoms with E-state index in [1.54, 1.807) is 30.3 Å². The van der Waals surface area contributed by atoms with Crippen LogP contribution in [-0.2, 0) is 18.3 Å². The number of nitrogens with two attached hydrogens (primary N) is 1. The summed E-state index contributed by atoms with van der Waals surface area (Å²) in [6.45, 7) is 2.00. The summed E-state index contributed by atoms with van der Waals surface area (Å²) in [5, 5.41) is 17.3. The van der Waals surface area contributed by atoms with E-state index in [9.17, 15) is 4.79 Å². The minimum Gasteiger partial charge on any atom is -0.344 e. The fraction of sp³-hybridized carbons (Fsp3) is 0.444. The van der Waals surface area contributed by atoms with Crippen molar-refractivity contribution in [3.05, 3.63) is 49.1 Å². The van der Waals surface area contributed by atoms with Gasteiger partial charge in [-0.1, -0.05) is 5.21 Å². The Balaban J connectivity index is 2.01. The molecule has 1 aliphatic rings. The molecule has 3 aromatic rings. The second-order valence-corrected chi connectivity index (χ2v) is 9.23. The van der Waals surface area contributed by atoms with Crippen LogP contribution in [0.2, 0.25) is 0 Å². The molecule has 0 saturated heterocycles. The molecule has 2 atom stereocenters. The Hall–Kier alpha value is -2.10. The fourth-order valence-corrected chi connectivity index (χ4v) is 6.55. The van der Waals surface area contributed by atoms with Crippen LogP contribution in [0.1, 0.15) is 49.7 Å². The van der Waals surface area contributed by atoms with Gasteiger partial charge in [-0.2, -0.15) is 5.21 Å². The van der Waals surface area contributed by atoms with Crippen molar-refractivity contribution < 1.29 is 4.79 Å². The molecule has 3 heterocycles. The standard InChI is InChI=1S/C18H22N6OS2/c1-10(19)9-18(17-20-22-23-21-17)14-11(6-7-26-14)4-5-12-8-13(27-15(12)18)16(25)24(2)3/h6-8,10H,4-5,9,19H2,1-3H3,(H,20,21,22,23)/t10-,18?/m1/s1. The van der Waals surface area contributed by atoms with Crippen LogP contribution >= 0.6 is 22.7 Å². The van der Waals surface area contributed by atoms with E-state index in [0.717, 1.165) is 22.6 Å². The zero-order chi connectivity index (χ0) is 19.2. The number of carbonyl (C=O) groups excluding carboxylic acids is 1. The highest BCUT2D eigenvalue weighted by Crippen LogP contribution is 2.51. The van der Waals surface area contributed by atoms with Crippen LogP contribution in [0.25, 0.3) is 0 Å². The van der Waals surface area contributed by atoms with Crippen molar-refractivity contribution in [1.82, 2.24) is 25.5 Å². The summed E-state index contributed by atoms with van der Waals surface area (Å²) in [6, 6.07) is 4.15. The highest BCUT2D eigenvalue weighted by atomic mass is 32.1. The van der Waals surface area contributed by atoms with Crippen LogP contribution in [-0.4, -0.2) is 51.6 Å². The maximum absolute atomic E-state index is 12.6. The number of H-pyrrole nitrogens is 1. The molecule has 0 aliphatic heterocycles. The Morgan fingerprint density at radius 3 is 2.81 bits per heavy atom. The summed E-state index contributed by atoms with van der Waals surface area (Å²) >= 11 is 3.25. The summed E-state index contributed by atoms with van der Waals surface area (Å²) in [5.41, 5.74) is 8.21. The molecule has 1 amide bonds. The van der Waals surface area contributed by atoms with Gasteiger partial charge in [-0.05, 0) is 54.8 Å². The zero-order valence-electron chi connectivity index (χ0n) is 15.5. The Labute approximate surface area is 165 Å². The first-order valence-corrected chi connectivity index (χ1v) is 10.5. The van der Waals surface area contributed by atoms with Gasteiger partial charge in [0, 0.05) is 29.9 Å². The van der Waals surface area contributed by atoms with E-state index in [4.69, 9.17) is 5.73 Å². The Kier molecular flexibility index (Phi) is 4.61. The maximum Gasteiger partial charge on any atom is 0.263 e. The van der Waals surface area contributed by atoms with Crippen LogP contribution in [0.5, 0.6) is 0 Å². The first kappa shape index (κ1) is 18.3. The fourth-order valence-electron chi connectivity index (χ4n) is 3.89.